The van der Waals surface area contributed by atoms with Crippen molar-refractivity contribution in [2.24, 2.45) is 0 Å². The van der Waals surface area contributed by atoms with E-state index in [1.165, 1.54) is 12.0 Å². The number of carbonyl (C=O) groups excluding carboxylic acids is 2. The second-order valence-corrected chi connectivity index (χ2v) is 9.78. The molecule has 0 saturated carbocycles. The molecule has 7 nitrogen and oxygen atoms in total. The van der Waals surface area contributed by atoms with Gasteiger partial charge in [-0.2, -0.15) is 0 Å². The molecular weight excluding hydrogens is 458 g/mol. The minimum absolute atomic E-state index is 0.00627. The highest BCUT2D eigenvalue weighted by Gasteiger charge is 2.47. The predicted molar refractivity (Wildman–Crippen MR) is 135 cm³/mol. The predicted octanol–water partition coefficient (Wildman–Crippen LogP) is 5.35. The van der Waals surface area contributed by atoms with Crippen LogP contribution < -0.4 is 19.1 Å². The molecular formula is C29H27NO6. The second-order valence-electron chi connectivity index (χ2n) is 9.78. The van der Waals surface area contributed by atoms with Gasteiger partial charge in [-0.1, -0.05) is 57.2 Å². The molecule has 1 saturated heterocycles. The second kappa shape index (κ2) is 8.75. The largest absolute Gasteiger partial charge is 0.507 e. The molecule has 0 bridgehead atoms. The lowest BCUT2D eigenvalue weighted by Gasteiger charge is -2.26. The molecule has 5 rings (SSSR count). The number of hydrogen-bond acceptors (Lipinski definition) is 6. The lowest BCUT2D eigenvalue weighted by molar-refractivity contribution is -0.132. The Labute approximate surface area is 209 Å². The number of carbonyl (C=O) groups is 2. The van der Waals surface area contributed by atoms with Gasteiger partial charge in [0.2, 0.25) is 6.79 Å². The Kier molecular flexibility index (Phi) is 5.71. The van der Waals surface area contributed by atoms with Gasteiger partial charge in [0.15, 0.2) is 11.5 Å². The Balaban J connectivity index is 1.73. The molecule has 3 aromatic carbocycles. The number of aliphatic hydroxyl groups excluding tert-OH is 1. The number of anilines is 1. The number of hydrogen-bond donors (Lipinski definition) is 1. The Bertz CT molecular complexity index is 1390. The molecule has 0 spiro atoms. The molecule has 0 radical (unpaired) electrons. The van der Waals surface area contributed by atoms with E-state index in [-0.39, 0.29) is 23.5 Å². The van der Waals surface area contributed by atoms with Crippen LogP contribution in [0.3, 0.4) is 0 Å². The summed E-state index contributed by atoms with van der Waals surface area (Å²) in [5, 5.41) is 11.6. The summed E-state index contributed by atoms with van der Waals surface area (Å²) in [7, 11) is 1.50. The van der Waals surface area contributed by atoms with Crippen LogP contribution >= 0.6 is 0 Å². The summed E-state index contributed by atoms with van der Waals surface area (Å²) in [6.45, 7) is 6.26. The molecule has 0 aliphatic carbocycles. The number of methoxy groups -OCH3 is 1. The number of ketones is 1. The number of aliphatic hydroxyl groups is 1. The highest BCUT2D eigenvalue weighted by atomic mass is 16.7. The number of nitrogens with zero attached hydrogens (tertiary/aromatic N) is 1. The lowest BCUT2D eigenvalue weighted by atomic mass is 9.85. The van der Waals surface area contributed by atoms with Crippen molar-refractivity contribution in [3.8, 4) is 17.2 Å². The normalized spacial score (nSPS) is 18.6. The zero-order valence-corrected chi connectivity index (χ0v) is 20.6. The average Bonchev–Trinajstić information content (AvgIpc) is 3.45. The molecule has 2 aliphatic heterocycles. The van der Waals surface area contributed by atoms with E-state index in [1.54, 1.807) is 24.3 Å². The Hall–Kier alpha value is -4.26. The molecule has 7 heteroatoms. The molecule has 2 heterocycles. The van der Waals surface area contributed by atoms with Gasteiger partial charge in [0, 0.05) is 11.8 Å². The highest BCUT2D eigenvalue weighted by Crippen LogP contribution is 2.46. The van der Waals surface area contributed by atoms with E-state index in [0.29, 0.717) is 34.1 Å². The first-order valence-electron chi connectivity index (χ1n) is 11.6. The monoisotopic (exact) mass is 485 g/mol. The van der Waals surface area contributed by atoms with Crippen LogP contribution in [0, 0.1) is 0 Å². The van der Waals surface area contributed by atoms with Crippen molar-refractivity contribution in [3.63, 3.8) is 0 Å². The van der Waals surface area contributed by atoms with Crippen molar-refractivity contribution in [1.82, 2.24) is 0 Å². The van der Waals surface area contributed by atoms with Gasteiger partial charge in [-0.15, -0.1) is 0 Å². The van der Waals surface area contributed by atoms with Crippen molar-refractivity contribution in [1.29, 1.82) is 0 Å². The van der Waals surface area contributed by atoms with Crippen LogP contribution in [-0.4, -0.2) is 30.7 Å². The van der Waals surface area contributed by atoms with Gasteiger partial charge >= 0.3 is 0 Å². The molecule has 1 fully saturated rings. The van der Waals surface area contributed by atoms with Gasteiger partial charge in [0.05, 0.1) is 24.3 Å². The zero-order chi connectivity index (χ0) is 25.6. The topological polar surface area (TPSA) is 85.3 Å². The van der Waals surface area contributed by atoms with Gasteiger partial charge in [-0.05, 0) is 40.8 Å². The van der Waals surface area contributed by atoms with E-state index in [2.05, 4.69) is 20.8 Å². The number of Topliss-reactive ketones (excluding diaryl/α,β-unsaturated/α-hetero) is 1. The fourth-order valence-electron chi connectivity index (χ4n) is 4.59. The average molecular weight is 486 g/mol. The van der Waals surface area contributed by atoms with E-state index < -0.39 is 17.7 Å². The maximum absolute atomic E-state index is 13.5. The molecule has 1 N–H and O–H groups in total. The fraction of sp³-hybridized carbons (Fsp3) is 0.241. The van der Waals surface area contributed by atoms with Crippen molar-refractivity contribution in [2.45, 2.75) is 32.2 Å². The quantitative estimate of drug-likeness (QED) is 0.305. The lowest BCUT2D eigenvalue weighted by Crippen LogP contribution is -2.29. The highest BCUT2D eigenvalue weighted by molar-refractivity contribution is 6.51. The standard InChI is InChI=1S/C29H27NO6/c1-29(2,3)18-10-12-21(34-4)20(14-18)26(31)24-25(17-8-6-5-7-9-17)30(28(33)27(24)32)19-11-13-22-23(15-19)36-16-35-22/h5-15,25,31H,16H2,1-4H3/b26-24+. The van der Waals surface area contributed by atoms with E-state index in [0.717, 1.165) is 5.56 Å². The van der Waals surface area contributed by atoms with Crippen LogP contribution in [0.2, 0.25) is 0 Å². The minimum Gasteiger partial charge on any atom is -0.507 e. The first kappa shape index (κ1) is 23.5. The number of fused-ring (bicyclic) bond motifs is 1. The van der Waals surface area contributed by atoms with Crippen LogP contribution in [0.4, 0.5) is 5.69 Å². The van der Waals surface area contributed by atoms with Crippen molar-refractivity contribution < 1.29 is 28.9 Å². The maximum Gasteiger partial charge on any atom is 0.300 e. The molecule has 2 aliphatic rings. The fourth-order valence-corrected chi connectivity index (χ4v) is 4.59. The van der Waals surface area contributed by atoms with E-state index in [9.17, 15) is 14.7 Å². The van der Waals surface area contributed by atoms with Crippen molar-refractivity contribution in [2.75, 3.05) is 18.8 Å². The first-order chi connectivity index (χ1) is 17.2. The van der Waals surface area contributed by atoms with Gasteiger partial charge in [0.25, 0.3) is 11.7 Å². The van der Waals surface area contributed by atoms with Crippen molar-refractivity contribution >= 4 is 23.1 Å². The third-order valence-corrected chi connectivity index (χ3v) is 6.51. The molecule has 1 amide bonds. The molecule has 1 atom stereocenters. The first-order valence-corrected chi connectivity index (χ1v) is 11.6. The van der Waals surface area contributed by atoms with Crippen LogP contribution in [-0.2, 0) is 15.0 Å². The third kappa shape index (κ3) is 3.86. The van der Waals surface area contributed by atoms with Crippen LogP contribution in [0.1, 0.15) is 43.5 Å². The zero-order valence-electron chi connectivity index (χ0n) is 20.6. The summed E-state index contributed by atoms with van der Waals surface area (Å²) in [6.07, 6.45) is 0. The third-order valence-electron chi connectivity index (χ3n) is 6.51. The number of rotatable bonds is 4. The van der Waals surface area contributed by atoms with Crippen LogP contribution in [0.5, 0.6) is 17.2 Å². The van der Waals surface area contributed by atoms with Gasteiger partial charge < -0.3 is 19.3 Å². The summed E-state index contributed by atoms with van der Waals surface area (Å²) in [6, 6.07) is 18.9. The van der Waals surface area contributed by atoms with Gasteiger partial charge in [0.1, 0.15) is 11.5 Å². The van der Waals surface area contributed by atoms with Crippen molar-refractivity contribution in [3.05, 3.63) is 89.0 Å². The molecule has 184 valence electrons. The Morgan fingerprint density at radius 1 is 0.972 bits per heavy atom. The molecule has 36 heavy (non-hydrogen) atoms. The maximum atomic E-state index is 13.5. The number of amides is 1. The summed E-state index contributed by atoms with van der Waals surface area (Å²) >= 11 is 0. The van der Waals surface area contributed by atoms with E-state index in [1.807, 2.05) is 42.5 Å². The molecule has 3 aromatic rings. The SMILES string of the molecule is COc1ccc(C(C)(C)C)cc1/C(O)=C1\C(=O)C(=O)N(c2ccc3c(c2)OCO3)C1c1ccccc1. The van der Waals surface area contributed by atoms with Crippen LogP contribution in [0.15, 0.2) is 72.3 Å². The van der Waals surface area contributed by atoms with E-state index >= 15 is 0 Å². The van der Waals surface area contributed by atoms with Crippen LogP contribution in [0.25, 0.3) is 5.76 Å². The summed E-state index contributed by atoms with van der Waals surface area (Å²) in [4.78, 5) is 28.3. The Morgan fingerprint density at radius 3 is 2.39 bits per heavy atom. The number of benzene rings is 3. The Morgan fingerprint density at radius 2 is 1.69 bits per heavy atom. The number of ether oxygens (including phenoxy) is 3. The minimum atomic E-state index is -0.852. The summed E-state index contributed by atoms with van der Waals surface area (Å²) in [5.41, 5.74) is 2.24. The summed E-state index contributed by atoms with van der Waals surface area (Å²) in [5.74, 6) is -0.344. The smallest absolute Gasteiger partial charge is 0.300 e. The van der Waals surface area contributed by atoms with Gasteiger partial charge in [-0.3, -0.25) is 14.5 Å². The van der Waals surface area contributed by atoms with Gasteiger partial charge in [-0.25, -0.2) is 0 Å². The van der Waals surface area contributed by atoms with E-state index in [4.69, 9.17) is 14.2 Å². The summed E-state index contributed by atoms with van der Waals surface area (Å²) < 4.78 is 16.4. The molecule has 1 unspecified atom stereocenters. The molecule has 0 aromatic heterocycles.